The molecule has 0 aliphatic carbocycles. The third-order valence-electron chi connectivity index (χ3n) is 3.30. The van der Waals surface area contributed by atoms with Crippen molar-refractivity contribution >= 4 is 17.7 Å². The molecule has 19 heavy (non-hydrogen) atoms. The minimum Gasteiger partial charge on any atom is -0.481 e. The summed E-state index contributed by atoms with van der Waals surface area (Å²) in [6, 6.07) is 7.01. The Morgan fingerprint density at radius 1 is 1.32 bits per heavy atom. The third kappa shape index (κ3) is 2.99. The lowest BCUT2D eigenvalue weighted by molar-refractivity contribution is -0.141. The van der Waals surface area contributed by atoms with Crippen molar-refractivity contribution in [1.82, 2.24) is 4.90 Å². The molecule has 1 aromatic rings. The van der Waals surface area contributed by atoms with Gasteiger partial charge in [-0.1, -0.05) is 24.3 Å². The maximum absolute atomic E-state index is 11.7. The first-order valence-corrected chi connectivity index (χ1v) is 6.08. The Hall–Kier alpha value is -2.17. The molecule has 1 saturated heterocycles. The maximum atomic E-state index is 11.7. The van der Waals surface area contributed by atoms with Crippen LogP contribution in [0.2, 0.25) is 0 Å². The lowest BCUT2D eigenvalue weighted by atomic mass is 10.1. The number of carboxylic acids is 1. The van der Waals surface area contributed by atoms with E-state index in [2.05, 4.69) is 0 Å². The number of hydrogen-bond acceptors (Lipinski definition) is 3. The van der Waals surface area contributed by atoms with E-state index in [1.165, 1.54) is 6.92 Å². The van der Waals surface area contributed by atoms with Crippen LogP contribution in [0.5, 0.6) is 0 Å². The molecule has 0 spiro atoms. The maximum Gasteiger partial charge on any atom is 0.308 e. The minimum atomic E-state index is -0.928. The summed E-state index contributed by atoms with van der Waals surface area (Å²) in [4.78, 5) is 35.2. The number of likely N-dealkylation sites (tertiary alicyclic amines) is 1. The molecule has 0 unspecified atom stereocenters. The van der Waals surface area contributed by atoms with Gasteiger partial charge in [-0.05, 0) is 12.5 Å². The zero-order valence-corrected chi connectivity index (χ0v) is 10.6. The first-order chi connectivity index (χ1) is 8.97. The molecule has 0 bridgehead atoms. The van der Waals surface area contributed by atoms with Gasteiger partial charge in [0.1, 0.15) is 0 Å². The Bertz CT molecular complexity index is 521. The summed E-state index contributed by atoms with van der Waals surface area (Å²) in [5.41, 5.74) is 1.52. The van der Waals surface area contributed by atoms with E-state index in [1.54, 1.807) is 29.2 Å². The Morgan fingerprint density at radius 2 is 1.95 bits per heavy atom. The van der Waals surface area contributed by atoms with Crippen LogP contribution in [0.15, 0.2) is 24.3 Å². The number of nitrogens with zero attached hydrogens (tertiary/aromatic N) is 1. The van der Waals surface area contributed by atoms with Gasteiger partial charge in [0.2, 0.25) is 5.91 Å². The van der Waals surface area contributed by atoms with E-state index in [0.29, 0.717) is 12.1 Å². The highest BCUT2D eigenvalue weighted by Gasteiger charge is 2.33. The van der Waals surface area contributed by atoms with Crippen LogP contribution in [0, 0.1) is 5.92 Å². The zero-order valence-electron chi connectivity index (χ0n) is 10.6. The van der Waals surface area contributed by atoms with Gasteiger partial charge < -0.3 is 10.0 Å². The number of rotatable bonds is 4. The normalized spacial score (nSPS) is 18.7. The molecule has 0 aromatic heterocycles. The van der Waals surface area contributed by atoms with E-state index < -0.39 is 11.9 Å². The fourth-order valence-corrected chi connectivity index (χ4v) is 2.16. The van der Waals surface area contributed by atoms with Crippen molar-refractivity contribution < 1.29 is 19.5 Å². The van der Waals surface area contributed by atoms with Crippen molar-refractivity contribution in [3.63, 3.8) is 0 Å². The molecule has 100 valence electrons. The number of amides is 1. The van der Waals surface area contributed by atoms with Crippen molar-refractivity contribution in [2.75, 3.05) is 6.54 Å². The second kappa shape index (κ2) is 5.22. The van der Waals surface area contributed by atoms with Crippen LogP contribution < -0.4 is 0 Å². The van der Waals surface area contributed by atoms with Crippen LogP contribution in [0.25, 0.3) is 0 Å². The van der Waals surface area contributed by atoms with E-state index in [4.69, 9.17) is 5.11 Å². The van der Waals surface area contributed by atoms with E-state index in [-0.39, 0.29) is 24.7 Å². The standard InChI is InChI=1S/C14H15NO4/c1-9(16)11-4-2-10(3-5-11)7-15-8-12(14(18)19)6-13(15)17/h2-5,12H,6-8H2,1H3,(H,18,19)/t12-/m0/s1. The molecule has 1 aliphatic heterocycles. The van der Waals surface area contributed by atoms with E-state index in [0.717, 1.165) is 5.56 Å². The average molecular weight is 261 g/mol. The molecular formula is C14H15NO4. The van der Waals surface area contributed by atoms with Gasteiger partial charge >= 0.3 is 5.97 Å². The van der Waals surface area contributed by atoms with E-state index in [9.17, 15) is 14.4 Å². The number of benzene rings is 1. The quantitative estimate of drug-likeness (QED) is 0.829. The monoisotopic (exact) mass is 261 g/mol. The largest absolute Gasteiger partial charge is 0.481 e. The van der Waals surface area contributed by atoms with Crippen LogP contribution in [-0.2, 0) is 16.1 Å². The van der Waals surface area contributed by atoms with Gasteiger partial charge in [0.15, 0.2) is 5.78 Å². The van der Waals surface area contributed by atoms with Crippen molar-refractivity contribution in [2.45, 2.75) is 19.9 Å². The predicted molar refractivity (Wildman–Crippen MR) is 67.6 cm³/mol. The number of aliphatic carboxylic acids is 1. The number of ketones is 1. The van der Waals surface area contributed by atoms with Gasteiger partial charge in [0.05, 0.1) is 5.92 Å². The topological polar surface area (TPSA) is 74.7 Å². The van der Waals surface area contributed by atoms with Gasteiger partial charge in [0.25, 0.3) is 0 Å². The summed E-state index contributed by atoms with van der Waals surface area (Å²) < 4.78 is 0. The van der Waals surface area contributed by atoms with E-state index >= 15 is 0 Å². The molecule has 1 aromatic carbocycles. The first-order valence-electron chi connectivity index (χ1n) is 6.08. The molecule has 2 rings (SSSR count). The Balaban J connectivity index is 2.03. The summed E-state index contributed by atoms with van der Waals surface area (Å²) in [5.74, 6) is -1.68. The molecule has 1 N–H and O–H groups in total. The second-order valence-corrected chi connectivity index (χ2v) is 4.77. The first kappa shape index (κ1) is 13.3. The fourth-order valence-electron chi connectivity index (χ4n) is 2.16. The van der Waals surface area contributed by atoms with Gasteiger partial charge in [-0.2, -0.15) is 0 Å². The molecule has 5 heteroatoms. The lowest BCUT2D eigenvalue weighted by Gasteiger charge is -2.16. The number of Topliss-reactive ketones (excluding diaryl/α,β-unsaturated/α-hetero) is 1. The van der Waals surface area contributed by atoms with E-state index in [1.807, 2.05) is 0 Å². The van der Waals surface area contributed by atoms with Crippen LogP contribution >= 0.6 is 0 Å². The highest BCUT2D eigenvalue weighted by Crippen LogP contribution is 2.20. The fraction of sp³-hybridized carbons (Fsp3) is 0.357. The molecule has 1 amide bonds. The van der Waals surface area contributed by atoms with Crippen molar-refractivity contribution in [1.29, 1.82) is 0 Å². The van der Waals surface area contributed by atoms with Gasteiger partial charge in [-0.15, -0.1) is 0 Å². The van der Waals surface area contributed by atoms with Gasteiger partial charge in [-0.25, -0.2) is 0 Å². The van der Waals surface area contributed by atoms with Crippen LogP contribution in [0.3, 0.4) is 0 Å². The summed E-state index contributed by atoms with van der Waals surface area (Å²) >= 11 is 0. The number of carboxylic acid groups (broad SMARTS) is 1. The molecule has 1 atom stereocenters. The Labute approximate surface area is 110 Å². The highest BCUT2D eigenvalue weighted by molar-refractivity contribution is 5.94. The van der Waals surface area contributed by atoms with Crippen molar-refractivity contribution in [2.24, 2.45) is 5.92 Å². The van der Waals surface area contributed by atoms with Crippen LogP contribution in [0.4, 0.5) is 0 Å². The Kier molecular flexibility index (Phi) is 3.64. The Morgan fingerprint density at radius 3 is 2.42 bits per heavy atom. The summed E-state index contributed by atoms with van der Waals surface area (Å²) in [5, 5.41) is 8.90. The summed E-state index contributed by atoms with van der Waals surface area (Å²) in [6.45, 7) is 2.14. The zero-order chi connectivity index (χ0) is 14.0. The second-order valence-electron chi connectivity index (χ2n) is 4.77. The van der Waals surface area contributed by atoms with Crippen molar-refractivity contribution in [3.8, 4) is 0 Å². The highest BCUT2D eigenvalue weighted by atomic mass is 16.4. The van der Waals surface area contributed by atoms with Crippen LogP contribution in [-0.4, -0.2) is 34.2 Å². The summed E-state index contributed by atoms with van der Waals surface area (Å²) in [6.07, 6.45) is 0.0703. The molecule has 1 heterocycles. The minimum absolute atomic E-state index is 0.00487. The summed E-state index contributed by atoms with van der Waals surface area (Å²) in [7, 11) is 0. The number of carbonyl (C=O) groups is 3. The molecule has 5 nitrogen and oxygen atoms in total. The molecule has 1 fully saturated rings. The molecular weight excluding hydrogens is 246 g/mol. The van der Waals surface area contributed by atoms with Crippen LogP contribution in [0.1, 0.15) is 29.3 Å². The SMILES string of the molecule is CC(=O)c1ccc(CN2C[C@@H](C(=O)O)CC2=O)cc1. The number of hydrogen-bond donors (Lipinski definition) is 1. The van der Waals surface area contributed by atoms with Gasteiger partial charge in [0, 0.05) is 25.1 Å². The third-order valence-corrected chi connectivity index (χ3v) is 3.30. The number of carbonyl (C=O) groups excluding carboxylic acids is 2. The van der Waals surface area contributed by atoms with Crippen molar-refractivity contribution in [3.05, 3.63) is 35.4 Å². The molecule has 1 aliphatic rings. The lowest BCUT2D eigenvalue weighted by Crippen LogP contribution is -2.25. The molecule has 0 radical (unpaired) electrons. The molecule has 0 saturated carbocycles. The van der Waals surface area contributed by atoms with Gasteiger partial charge in [-0.3, -0.25) is 14.4 Å². The smallest absolute Gasteiger partial charge is 0.308 e. The average Bonchev–Trinajstić information content (AvgIpc) is 2.72. The predicted octanol–water partition coefficient (Wildman–Crippen LogP) is 1.32.